The Balaban J connectivity index is 2.30. The number of benzene rings is 1. The molecule has 4 amide bonds. The van der Waals surface area contributed by atoms with Gasteiger partial charge < -0.3 is 20.4 Å². The van der Waals surface area contributed by atoms with Gasteiger partial charge in [-0.1, -0.05) is 78.3 Å². The van der Waals surface area contributed by atoms with Gasteiger partial charge in [-0.25, -0.2) is 0 Å². The molecule has 1 aromatic rings. The number of ketones is 1. The molecule has 0 radical (unpaired) electrons. The lowest BCUT2D eigenvalue weighted by Crippen LogP contribution is -2.55. The normalized spacial score (nSPS) is 16.9. The molecule has 2 N–H and O–H groups in total. The fourth-order valence-electron chi connectivity index (χ4n) is 5.71. The van der Waals surface area contributed by atoms with Crippen molar-refractivity contribution in [3.63, 3.8) is 0 Å². The molecule has 9 heteroatoms. The van der Waals surface area contributed by atoms with Crippen LogP contribution in [-0.2, 0) is 30.4 Å². The van der Waals surface area contributed by atoms with Crippen molar-refractivity contribution in [1.82, 2.24) is 20.4 Å². The minimum absolute atomic E-state index is 0.0544. The summed E-state index contributed by atoms with van der Waals surface area (Å²) in [6.07, 6.45) is 4.39. The maximum atomic E-state index is 14.0. The molecule has 5 atom stereocenters. The maximum Gasteiger partial charge on any atom is 0.245 e. The summed E-state index contributed by atoms with van der Waals surface area (Å²) in [4.78, 5) is 70.3. The van der Waals surface area contributed by atoms with Crippen LogP contribution in [0.2, 0.25) is 0 Å². The summed E-state index contributed by atoms with van der Waals surface area (Å²) in [5.74, 6) is -2.01. The lowest BCUT2D eigenvalue weighted by atomic mass is 9.86. The van der Waals surface area contributed by atoms with Gasteiger partial charge in [-0.05, 0) is 55.4 Å². The molecule has 2 rings (SSSR count). The molecule has 0 saturated carbocycles. The average molecular weight is 613 g/mol. The Bertz CT molecular complexity index is 1100. The molecule has 9 nitrogen and oxygen atoms in total. The number of carbonyl (C=O) groups excluding carboxylic acids is 5. The third kappa shape index (κ3) is 11.0. The van der Waals surface area contributed by atoms with Gasteiger partial charge in [0.1, 0.15) is 12.1 Å². The Hall–Kier alpha value is -3.23. The van der Waals surface area contributed by atoms with E-state index < -0.39 is 24.0 Å². The minimum Gasteiger partial charge on any atom is -0.344 e. The first-order valence-corrected chi connectivity index (χ1v) is 16.5. The zero-order valence-electron chi connectivity index (χ0n) is 28.2. The van der Waals surface area contributed by atoms with Gasteiger partial charge in [-0.2, -0.15) is 0 Å². The maximum absolute atomic E-state index is 14.0. The molecule has 44 heavy (non-hydrogen) atoms. The van der Waals surface area contributed by atoms with Crippen LogP contribution in [0.3, 0.4) is 0 Å². The molecule has 0 bridgehead atoms. The van der Waals surface area contributed by atoms with Gasteiger partial charge in [0.2, 0.25) is 23.6 Å². The number of nitrogens with zero attached hydrogens (tertiary/aromatic N) is 2. The summed E-state index contributed by atoms with van der Waals surface area (Å²) in [5.41, 5.74) is 0.876. The zero-order chi connectivity index (χ0) is 33.0. The van der Waals surface area contributed by atoms with Crippen LogP contribution in [0, 0.1) is 23.7 Å². The second-order valence-corrected chi connectivity index (χ2v) is 13.3. The first-order valence-electron chi connectivity index (χ1n) is 16.5. The van der Waals surface area contributed by atoms with Crippen LogP contribution in [0.1, 0.15) is 92.6 Å². The van der Waals surface area contributed by atoms with Crippen molar-refractivity contribution < 1.29 is 24.0 Å². The minimum atomic E-state index is -0.880. The van der Waals surface area contributed by atoms with Crippen molar-refractivity contribution in [3.05, 3.63) is 35.9 Å². The number of Topliss-reactive ketones (excluding diaryl/α,β-unsaturated/α-hetero) is 1. The van der Waals surface area contributed by atoms with Gasteiger partial charge in [0, 0.05) is 39.4 Å². The van der Waals surface area contributed by atoms with Gasteiger partial charge in [-0.3, -0.25) is 24.0 Å². The Labute approximate surface area is 264 Å². The van der Waals surface area contributed by atoms with E-state index in [9.17, 15) is 24.0 Å². The molecule has 246 valence electrons. The lowest BCUT2D eigenvalue weighted by Gasteiger charge is -2.34. The second kappa shape index (κ2) is 17.9. The fraction of sp³-hybridized carbons (Fsp3) is 0.686. The van der Waals surface area contributed by atoms with E-state index in [1.54, 1.807) is 7.05 Å². The highest BCUT2D eigenvalue weighted by Gasteiger charge is 2.36. The summed E-state index contributed by atoms with van der Waals surface area (Å²) in [6, 6.07) is 7.18. The molecule has 1 heterocycles. The summed E-state index contributed by atoms with van der Waals surface area (Å²) in [6.45, 7) is 14.5. The number of rotatable bonds is 16. The van der Waals surface area contributed by atoms with Gasteiger partial charge in [0.05, 0.1) is 6.04 Å². The van der Waals surface area contributed by atoms with E-state index in [4.69, 9.17) is 0 Å². The highest BCUT2D eigenvalue weighted by atomic mass is 16.2. The molecule has 1 fully saturated rings. The van der Waals surface area contributed by atoms with Gasteiger partial charge in [0.25, 0.3) is 0 Å². The molecular formula is C35H56N4O5. The molecule has 1 saturated heterocycles. The van der Waals surface area contributed by atoms with Gasteiger partial charge >= 0.3 is 0 Å². The summed E-state index contributed by atoms with van der Waals surface area (Å²) in [5, 5.41) is 5.98. The standard InChI is InChI=1S/C35H56N4O5/c1-9-25(6)32(35(44)39-18-14-11-15-19-39)37-33(42)28(24(4)5)22-31(41)29(21-27-16-12-10-13-17-27)36-34(43)30(20-23(2)3)38(8)26(7)40/h10,12-13,16-17,23-25,28-30,32H,9,11,14-15,18-22H2,1-8H3,(H,36,43)(H,37,42)/t25-,28-,29-,30-,32-/m0/s1. The largest absolute Gasteiger partial charge is 0.344 e. The number of amides is 4. The summed E-state index contributed by atoms with van der Waals surface area (Å²) >= 11 is 0. The molecule has 1 aromatic carbocycles. The SMILES string of the molecule is CC[C@H](C)[C@H](NC(=O)[C@@H](CC(=O)[C@H](Cc1ccccc1)NC(=O)[C@H](CC(C)C)N(C)C(C)=O)C(C)C)C(=O)N1CCCCC1. The molecule has 0 aromatic heterocycles. The van der Waals surface area contributed by atoms with Crippen LogP contribution >= 0.6 is 0 Å². The van der Waals surface area contributed by atoms with E-state index in [0.29, 0.717) is 19.5 Å². The Kier molecular flexibility index (Phi) is 15.0. The molecule has 0 spiro atoms. The van der Waals surface area contributed by atoms with Crippen LogP contribution in [0.25, 0.3) is 0 Å². The zero-order valence-corrected chi connectivity index (χ0v) is 28.2. The van der Waals surface area contributed by atoms with Crippen LogP contribution in [0.4, 0.5) is 0 Å². The van der Waals surface area contributed by atoms with E-state index in [1.807, 2.05) is 76.8 Å². The lowest BCUT2D eigenvalue weighted by molar-refractivity contribution is -0.141. The van der Waals surface area contributed by atoms with E-state index >= 15 is 0 Å². The third-order valence-electron chi connectivity index (χ3n) is 8.96. The molecule has 0 aliphatic carbocycles. The number of piperidine rings is 1. The molecule has 1 aliphatic heterocycles. The highest BCUT2D eigenvalue weighted by Crippen LogP contribution is 2.22. The van der Waals surface area contributed by atoms with Crippen molar-refractivity contribution >= 4 is 29.4 Å². The van der Waals surface area contributed by atoms with Crippen LogP contribution in [0.5, 0.6) is 0 Å². The number of hydrogen-bond donors (Lipinski definition) is 2. The fourth-order valence-corrected chi connectivity index (χ4v) is 5.71. The van der Waals surface area contributed by atoms with Crippen molar-refractivity contribution in [1.29, 1.82) is 0 Å². The van der Waals surface area contributed by atoms with Crippen LogP contribution in [-0.4, -0.2) is 77.5 Å². The van der Waals surface area contributed by atoms with Gasteiger partial charge in [0.15, 0.2) is 5.78 Å². The Morgan fingerprint density at radius 1 is 0.886 bits per heavy atom. The Morgan fingerprint density at radius 3 is 2.02 bits per heavy atom. The number of likely N-dealkylation sites (N-methyl/N-ethyl adjacent to an activating group) is 1. The quantitative estimate of drug-likeness (QED) is 0.288. The third-order valence-corrected chi connectivity index (χ3v) is 8.96. The number of likely N-dealkylation sites (tertiary alicyclic amines) is 1. The van der Waals surface area contributed by atoms with E-state index in [0.717, 1.165) is 31.2 Å². The molecule has 0 unspecified atom stereocenters. The molecule has 1 aliphatic rings. The van der Waals surface area contributed by atoms with E-state index in [1.165, 1.54) is 11.8 Å². The summed E-state index contributed by atoms with van der Waals surface area (Å²) < 4.78 is 0. The average Bonchev–Trinajstić information content (AvgIpc) is 3.00. The van der Waals surface area contributed by atoms with Crippen molar-refractivity contribution in [3.8, 4) is 0 Å². The first kappa shape index (κ1) is 37.0. The second-order valence-electron chi connectivity index (χ2n) is 13.3. The van der Waals surface area contributed by atoms with Gasteiger partial charge in [-0.15, -0.1) is 0 Å². The van der Waals surface area contributed by atoms with E-state index in [2.05, 4.69) is 10.6 Å². The smallest absolute Gasteiger partial charge is 0.245 e. The van der Waals surface area contributed by atoms with Crippen LogP contribution in [0.15, 0.2) is 30.3 Å². The van der Waals surface area contributed by atoms with Crippen molar-refractivity contribution in [2.45, 2.75) is 112 Å². The predicted octanol–water partition coefficient (Wildman–Crippen LogP) is 4.38. The Morgan fingerprint density at radius 2 is 1.50 bits per heavy atom. The summed E-state index contributed by atoms with van der Waals surface area (Å²) in [7, 11) is 1.60. The number of carbonyl (C=O) groups is 5. The molecular weight excluding hydrogens is 556 g/mol. The van der Waals surface area contributed by atoms with E-state index in [-0.39, 0.29) is 60.0 Å². The first-order chi connectivity index (χ1) is 20.8. The monoisotopic (exact) mass is 612 g/mol. The van der Waals surface area contributed by atoms with Crippen LogP contribution < -0.4 is 10.6 Å². The van der Waals surface area contributed by atoms with Crippen molar-refractivity contribution in [2.24, 2.45) is 23.7 Å². The number of hydrogen-bond acceptors (Lipinski definition) is 5. The topological polar surface area (TPSA) is 116 Å². The predicted molar refractivity (Wildman–Crippen MR) is 174 cm³/mol. The highest BCUT2D eigenvalue weighted by molar-refractivity contribution is 5.95. The number of nitrogens with one attached hydrogen (secondary N) is 2. The van der Waals surface area contributed by atoms with Crippen molar-refractivity contribution in [2.75, 3.05) is 20.1 Å².